The summed E-state index contributed by atoms with van der Waals surface area (Å²) < 4.78 is 0. The molecule has 124 valence electrons. The number of halogens is 2. The quantitative estimate of drug-likeness (QED) is 0.693. The standard InChI is InChI=1S/C16H21Cl2N5/c1-23(2)11-4-3-9-19-14-8-10-20-16(22-14)21-13-7-5-6-12(17)15(13)18/h5-8,10H,3-4,9,11H2,1-2H3,(H2,19,20,21,22). The third-order valence-corrected chi connectivity index (χ3v) is 4.01. The van der Waals surface area contributed by atoms with E-state index in [9.17, 15) is 0 Å². The minimum absolute atomic E-state index is 0.458. The molecule has 0 aliphatic heterocycles. The Morgan fingerprint density at radius 2 is 1.96 bits per heavy atom. The number of nitrogens with zero attached hydrogens (tertiary/aromatic N) is 3. The summed E-state index contributed by atoms with van der Waals surface area (Å²) in [6.07, 6.45) is 3.94. The molecule has 0 unspecified atom stereocenters. The van der Waals surface area contributed by atoms with Crippen LogP contribution in [-0.4, -0.2) is 42.1 Å². The van der Waals surface area contributed by atoms with Gasteiger partial charge in [-0.3, -0.25) is 0 Å². The van der Waals surface area contributed by atoms with Crippen LogP contribution in [0.25, 0.3) is 0 Å². The van der Waals surface area contributed by atoms with Crippen molar-refractivity contribution in [3.05, 3.63) is 40.5 Å². The molecule has 0 atom stereocenters. The Kier molecular flexibility index (Phi) is 6.89. The van der Waals surface area contributed by atoms with Crippen molar-refractivity contribution in [2.75, 3.05) is 37.8 Å². The van der Waals surface area contributed by atoms with E-state index in [-0.39, 0.29) is 0 Å². The monoisotopic (exact) mass is 353 g/mol. The fourth-order valence-corrected chi connectivity index (χ4v) is 2.36. The molecule has 2 N–H and O–H groups in total. The first-order chi connectivity index (χ1) is 11.1. The number of benzene rings is 1. The molecule has 2 rings (SSSR count). The normalized spacial score (nSPS) is 10.8. The van der Waals surface area contributed by atoms with Gasteiger partial charge in [0.15, 0.2) is 0 Å². The maximum atomic E-state index is 6.16. The third-order valence-electron chi connectivity index (χ3n) is 3.19. The topological polar surface area (TPSA) is 53.1 Å². The van der Waals surface area contributed by atoms with E-state index >= 15 is 0 Å². The van der Waals surface area contributed by atoms with Crippen LogP contribution in [0, 0.1) is 0 Å². The molecule has 0 fully saturated rings. The zero-order valence-electron chi connectivity index (χ0n) is 13.3. The summed E-state index contributed by atoms with van der Waals surface area (Å²) >= 11 is 12.2. The first-order valence-electron chi connectivity index (χ1n) is 7.49. The van der Waals surface area contributed by atoms with Gasteiger partial charge in [0.25, 0.3) is 0 Å². The maximum absolute atomic E-state index is 6.16. The van der Waals surface area contributed by atoms with Crippen LogP contribution in [-0.2, 0) is 0 Å². The maximum Gasteiger partial charge on any atom is 0.229 e. The molecule has 0 radical (unpaired) electrons. The molecule has 0 saturated carbocycles. The molecule has 7 heteroatoms. The van der Waals surface area contributed by atoms with Crippen LogP contribution < -0.4 is 10.6 Å². The zero-order valence-corrected chi connectivity index (χ0v) is 14.8. The lowest BCUT2D eigenvalue weighted by atomic mass is 10.3. The third kappa shape index (κ3) is 5.86. The van der Waals surface area contributed by atoms with Crippen LogP contribution in [0.5, 0.6) is 0 Å². The number of hydrogen-bond acceptors (Lipinski definition) is 5. The Bertz CT molecular complexity index is 634. The molecule has 0 amide bonds. The second kappa shape index (κ2) is 8.91. The largest absolute Gasteiger partial charge is 0.370 e. The fraction of sp³-hybridized carbons (Fsp3) is 0.375. The van der Waals surface area contributed by atoms with Gasteiger partial charge in [-0.25, -0.2) is 4.98 Å². The van der Waals surface area contributed by atoms with Gasteiger partial charge in [-0.1, -0.05) is 29.3 Å². The molecule has 1 aromatic heterocycles. The minimum atomic E-state index is 0.458. The van der Waals surface area contributed by atoms with Gasteiger partial charge in [-0.05, 0) is 51.7 Å². The molecule has 2 aromatic rings. The molecule has 0 bridgehead atoms. The number of aromatic nitrogens is 2. The fourth-order valence-electron chi connectivity index (χ4n) is 2.01. The van der Waals surface area contributed by atoms with Gasteiger partial charge in [0.1, 0.15) is 5.82 Å². The molecule has 0 spiro atoms. The van der Waals surface area contributed by atoms with Gasteiger partial charge in [-0.2, -0.15) is 4.98 Å². The molecule has 1 heterocycles. The summed E-state index contributed by atoms with van der Waals surface area (Å²) in [5.41, 5.74) is 0.683. The van der Waals surface area contributed by atoms with E-state index in [0.717, 1.165) is 31.7 Å². The van der Waals surface area contributed by atoms with E-state index in [1.165, 1.54) is 0 Å². The number of unbranched alkanes of at least 4 members (excludes halogenated alkanes) is 1. The zero-order chi connectivity index (χ0) is 16.7. The molecule has 23 heavy (non-hydrogen) atoms. The Morgan fingerprint density at radius 1 is 1.13 bits per heavy atom. The Balaban J connectivity index is 1.91. The SMILES string of the molecule is CN(C)CCCCNc1ccnc(Nc2cccc(Cl)c2Cl)n1. The van der Waals surface area contributed by atoms with E-state index in [2.05, 4.69) is 39.6 Å². The highest BCUT2D eigenvalue weighted by molar-refractivity contribution is 6.43. The van der Waals surface area contributed by atoms with Crippen molar-refractivity contribution in [2.45, 2.75) is 12.8 Å². The Hall–Kier alpha value is -1.56. The average Bonchev–Trinajstić information content (AvgIpc) is 2.52. The number of nitrogens with one attached hydrogen (secondary N) is 2. The van der Waals surface area contributed by atoms with Crippen molar-refractivity contribution in [1.82, 2.24) is 14.9 Å². The van der Waals surface area contributed by atoms with E-state index in [4.69, 9.17) is 23.2 Å². The number of rotatable bonds is 8. The van der Waals surface area contributed by atoms with Crippen LogP contribution in [0.4, 0.5) is 17.5 Å². The molecule has 0 saturated heterocycles. The number of hydrogen-bond donors (Lipinski definition) is 2. The van der Waals surface area contributed by atoms with Crippen LogP contribution >= 0.6 is 23.2 Å². The van der Waals surface area contributed by atoms with Crippen molar-refractivity contribution >= 4 is 40.7 Å². The summed E-state index contributed by atoms with van der Waals surface area (Å²) in [5.74, 6) is 1.26. The summed E-state index contributed by atoms with van der Waals surface area (Å²) in [6.45, 7) is 1.97. The molecular weight excluding hydrogens is 333 g/mol. The van der Waals surface area contributed by atoms with Crippen LogP contribution in [0.1, 0.15) is 12.8 Å². The van der Waals surface area contributed by atoms with Crippen molar-refractivity contribution < 1.29 is 0 Å². The molecule has 0 aliphatic carbocycles. The molecular formula is C16H21Cl2N5. The van der Waals surface area contributed by atoms with E-state index in [1.54, 1.807) is 12.3 Å². The van der Waals surface area contributed by atoms with Gasteiger partial charge >= 0.3 is 0 Å². The highest BCUT2D eigenvalue weighted by Gasteiger charge is 2.06. The highest BCUT2D eigenvalue weighted by Crippen LogP contribution is 2.30. The van der Waals surface area contributed by atoms with Gasteiger partial charge < -0.3 is 15.5 Å². The van der Waals surface area contributed by atoms with Crippen molar-refractivity contribution in [3.63, 3.8) is 0 Å². The molecule has 0 aliphatic rings. The predicted octanol–water partition coefficient (Wildman–Crippen LogP) is 4.28. The Labute approximate surface area is 147 Å². The van der Waals surface area contributed by atoms with Gasteiger partial charge in [0.2, 0.25) is 5.95 Å². The van der Waals surface area contributed by atoms with Crippen LogP contribution in [0.15, 0.2) is 30.5 Å². The summed E-state index contributed by atoms with van der Waals surface area (Å²) in [5, 5.41) is 7.34. The van der Waals surface area contributed by atoms with Crippen LogP contribution in [0.3, 0.4) is 0 Å². The van der Waals surface area contributed by atoms with Crippen LogP contribution in [0.2, 0.25) is 10.0 Å². The van der Waals surface area contributed by atoms with Gasteiger partial charge in [0.05, 0.1) is 15.7 Å². The van der Waals surface area contributed by atoms with Crippen molar-refractivity contribution in [1.29, 1.82) is 0 Å². The van der Waals surface area contributed by atoms with Crippen molar-refractivity contribution in [3.8, 4) is 0 Å². The molecule has 1 aromatic carbocycles. The summed E-state index contributed by atoms with van der Waals surface area (Å²) in [6, 6.07) is 7.24. The second-order valence-electron chi connectivity index (χ2n) is 5.43. The van der Waals surface area contributed by atoms with E-state index < -0.39 is 0 Å². The number of anilines is 3. The predicted molar refractivity (Wildman–Crippen MR) is 98.1 cm³/mol. The molecule has 5 nitrogen and oxygen atoms in total. The summed E-state index contributed by atoms with van der Waals surface area (Å²) in [4.78, 5) is 10.8. The average molecular weight is 354 g/mol. The first-order valence-corrected chi connectivity index (χ1v) is 8.24. The lowest BCUT2D eigenvalue weighted by Crippen LogP contribution is -2.14. The first kappa shape index (κ1) is 17.8. The van der Waals surface area contributed by atoms with E-state index in [1.807, 2.05) is 18.2 Å². The second-order valence-corrected chi connectivity index (χ2v) is 6.21. The smallest absolute Gasteiger partial charge is 0.229 e. The summed E-state index contributed by atoms with van der Waals surface area (Å²) in [7, 11) is 4.16. The van der Waals surface area contributed by atoms with Gasteiger partial charge in [0, 0.05) is 12.7 Å². The highest BCUT2D eigenvalue weighted by atomic mass is 35.5. The van der Waals surface area contributed by atoms with Gasteiger partial charge in [-0.15, -0.1) is 0 Å². The lowest BCUT2D eigenvalue weighted by molar-refractivity contribution is 0.396. The lowest BCUT2D eigenvalue weighted by Gasteiger charge is -2.11. The Morgan fingerprint density at radius 3 is 2.74 bits per heavy atom. The van der Waals surface area contributed by atoms with Crippen molar-refractivity contribution in [2.24, 2.45) is 0 Å². The van der Waals surface area contributed by atoms with E-state index in [0.29, 0.717) is 21.7 Å². The minimum Gasteiger partial charge on any atom is -0.370 e.